The summed E-state index contributed by atoms with van der Waals surface area (Å²) < 4.78 is 0. The molecule has 1 radical (unpaired) electrons. The Kier molecular flexibility index (Phi) is 2.44. The molecule has 1 N–H and O–H groups in total. The van der Waals surface area contributed by atoms with Gasteiger partial charge in [0.1, 0.15) is 0 Å². The van der Waals surface area contributed by atoms with Gasteiger partial charge in [0, 0.05) is 13.1 Å². The molecule has 2 atom stereocenters. The summed E-state index contributed by atoms with van der Waals surface area (Å²) in [6, 6.07) is 0. The number of hydrogen-bond donors (Lipinski definition) is 1. The van der Waals surface area contributed by atoms with E-state index in [1.807, 2.05) is 0 Å². The van der Waals surface area contributed by atoms with Gasteiger partial charge in [-0.1, -0.05) is 0 Å². The highest BCUT2D eigenvalue weighted by Crippen LogP contribution is 2.25. The van der Waals surface area contributed by atoms with Crippen molar-refractivity contribution in [3.63, 3.8) is 0 Å². The van der Waals surface area contributed by atoms with Crippen molar-refractivity contribution in [3.8, 4) is 0 Å². The van der Waals surface area contributed by atoms with Gasteiger partial charge in [-0.25, -0.2) is 5.32 Å². The second kappa shape index (κ2) is 3.55. The lowest BCUT2D eigenvalue weighted by atomic mass is 9.84. The molecule has 0 saturated carbocycles. The molecule has 2 fully saturated rings. The van der Waals surface area contributed by atoms with Gasteiger partial charge in [-0.2, -0.15) is 0 Å². The van der Waals surface area contributed by atoms with Crippen LogP contribution in [0.2, 0.25) is 0 Å². The van der Waals surface area contributed by atoms with Crippen molar-refractivity contribution >= 4 is 0 Å². The Morgan fingerprint density at radius 1 is 1.18 bits per heavy atom. The lowest BCUT2D eigenvalue weighted by Gasteiger charge is -2.29. The number of fused-ring (bicyclic) bond motifs is 1. The summed E-state index contributed by atoms with van der Waals surface area (Å²) in [6.45, 7) is 4.74. The molecular weight excluding hydrogens is 136 g/mol. The molecule has 0 aromatic heterocycles. The van der Waals surface area contributed by atoms with Crippen molar-refractivity contribution in [2.24, 2.45) is 11.8 Å². The monoisotopic (exact) mass is 153 g/mol. The van der Waals surface area contributed by atoms with Crippen LogP contribution in [0.1, 0.15) is 19.3 Å². The third kappa shape index (κ3) is 1.74. The van der Waals surface area contributed by atoms with E-state index in [2.05, 4.69) is 10.6 Å². The van der Waals surface area contributed by atoms with Gasteiger partial charge in [-0.3, -0.25) is 0 Å². The Balaban J connectivity index is 1.93. The van der Waals surface area contributed by atoms with Gasteiger partial charge in [0.05, 0.1) is 0 Å². The zero-order valence-electron chi connectivity index (χ0n) is 7.05. The SMILES string of the molecule is C1CNCC2CC[N]CC2C1. The standard InChI is InChI=1S/C9H17N2/c1-2-8-6-11-5-3-9(8)7-10-4-1/h8-10H,1-7H2. The van der Waals surface area contributed by atoms with E-state index in [1.54, 1.807) is 0 Å². The number of rotatable bonds is 0. The molecule has 2 nitrogen and oxygen atoms in total. The van der Waals surface area contributed by atoms with Gasteiger partial charge in [0.25, 0.3) is 0 Å². The van der Waals surface area contributed by atoms with Crippen molar-refractivity contribution < 1.29 is 0 Å². The maximum atomic E-state index is 4.48. The van der Waals surface area contributed by atoms with Crippen LogP contribution in [0.15, 0.2) is 0 Å². The van der Waals surface area contributed by atoms with E-state index in [0.29, 0.717) is 0 Å². The van der Waals surface area contributed by atoms with Gasteiger partial charge < -0.3 is 5.32 Å². The fourth-order valence-corrected chi connectivity index (χ4v) is 2.27. The molecule has 0 aliphatic carbocycles. The van der Waals surface area contributed by atoms with E-state index in [4.69, 9.17) is 0 Å². The molecule has 0 bridgehead atoms. The summed E-state index contributed by atoms with van der Waals surface area (Å²) in [5.74, 6) is 1.86. The average molecular weight is 153 g/mol. The molecule has 63 valence electrons. The number of piperidine rings is 1. The second-order valence-electron chi connectivity index (χ2n) is 3.78. The Hall–Kier alpha value is -0.0800. The molecule has 2 heterocycles. The van der Waals surface area contributed by atoms with Gasteiger partial charge >= 0.3 is 0 Å². The highest BCUT2D eigenvalue weighted by molar-refractivity contribution is 4.81. The maximum absolute atomic E-state index is 4.48. The highest BCUT2D eigenvalue weighted by Gasteiger charge is 2.26. The normalized spacial score (nSPS) is 39.3. The highest BCUT2D eigenvalue weighted by atomic mass is 14.9. The van der Waals surface area contributed by atoms with E-state index in [1.165, 1.54) is 32.4 Å². The van der Waals surface area contributed by atoms with Crippen LogP contribution in [-0.4, -0.2) is 26.2 Å². The van der Waals surface area contributed by atoms with Crippen LogP contribution in [0.4, 0.5) is 0 Å². The van der Waals surface area contributed by atoms with E-state index in [0.717, 1.165) is 24.9 Å². The summed E-state index contributed by atoms with van der Waals surface area (Å²) in [5, 5.41) is 7.98. The predicted octanol–water partition coefficient (Wildman–Crippen LogP) is 0.610. The van der Waals surface area contributed by atoms with Crippen LogP contribution in [0.3, 0.4) is 0 Å². The largest absolute Gasteiger partial charge is 0.316 e. The van der Waals surface area contributed by atoms with Gasteiger partial charge in [-0.15, -0.1) is 0 Å². The summed E-state index contributed by atoms with van der Waals surface area (Å²) in [7, 11) is 0. The first-order valence-corrected chi connectivity index (χ1v) is 4.81. The molecular formula is C9H17N2. The molecule has 11 heavy (non-hydrogen) atoms. The minimum Gasteiger partial charge on any atom is -0.316 e. The third-order valence-corrected chi connectivity index (χ3v) is 3.02. The van der Waals surface area contributed by atoms with Gasteiger partial charge in [0.2, 0.25) is 0 Å². The predicted molar refractivity (Wildman–Crippen MR) is 45.6 cm³/mol. The molecule has 2 aliphatic rings. The van der Waals surface area contributed by atoms with Crippen LogP contribution in [0, 0.1) is 11.8 Å². The summed E-state index contributed by atoms with van der Waals surface area (Å²) in [5.41, 5.74) is 0. The summed E-state index contributed by atoms with van der Waals surface area (Å²) >= 11 is 0. The third-order valence-electron chi connectivity index (χ3n) is 3.02. The van der Waals surface area contributed by atoms with Crippen LogP contribution in [0.5, 0.6) is 0 Å². The van der Waals surface area contributed by atoms with Crippen LogP contribution >= 0.6 is 0 Å². The van der Waals surface area contributed by atoms with E-state index >= 15 is 0 Å². The van der Waals surface area contributed by atoms with Crippen molar-refractivity contribution in [2.75, 3.05) is 26.2 Å². The number of nitrogens with one attached hydrogen (secondary N) is 1. The number of hydrogen-bond acceptors (Lipinski definition) is 1. The second-order valence-corrected chi connectivity index (χ2v) is 3.78. The van der Waals surface area contributed by atoms with E-state index < -0.39 is 0 Å². The fourth-order valence-electron chi connectivity index (χ4n) is 2.27. The Bertz CT molecular complexity index is 111. The van der Waals surface area contributed by atoms with Crippen molar-refractivity contribution in [1.82, 2.24) is 10.6 Å². The lowest BCUT2D eigenvalue weighted by Crippen LogP contribution is -2.35. The Morgan fingerprint density at radius 3 is 3.18 bits per heavy atom. The maximum Gasteiger partial charge on any atom is 0.0164 e. The van der Waals surface area contributed by atoms with Crippen LogP contribution in [-0.2, 0) is 0 Å². The molecule has 2 rings (SSSR count). The lowest BCUT2D eigenvalue weighted by molar-refractivity contribution is 0.249. The van der Waals surface area contributed by atoms with Crippen LogP contribution < -0.4 is 10.6 Å². The zero-order valence-corrected chi connectivity index (χ0v) is 7.05. The minimum atomic E-state index is 0.916. The fraction of sp³-hybridized carbons (Fsp3) is 1.00. The molecule has 2 heteroatoms. The quantitative estimate of drug-likeness (QED) is 0.542. The number of nitrogens with zero attached hydrogens (tertiary/aromatic N) is 1. The average Bonchev–Trinajstić information content (AvgIpc) is 2.28. The van der Waals surface area contributed by atoms with Gasteiger partial charge in [-0.05, 0) is 44.2 Å². The van der Waals surface area contributed by atoms with Crippen molar-refractivity contribution in [3.05, 3.63) is 0 Å². The molecule has 0 aromatic carbocycles. The topological polar surface area (TPSA) is 26.1 Å². The smallest absolute Gasteiger partial charge is 0.0164 e. The molecule has 2 aliphatic heterocycles. The van der Waals surface area contributed by atoms with Crippen molar-refractivity contribution in [1.29, 1.82) is 0 Å². The molecule has 2 saturated heterocycles. The zero-order chi connectivity index (χ0) is 7.52. The molecule has 0 amide bonds. The molecule has 0 aromatic rings. The first kappa shape index (κ1) is 7.56. The van der Waals surface area contributed by atoms with Crippen LogP contribution in [0.25, 0.3) is 0 Å². The summed E-state index contributed by atoms with van der Waals surface area (Å²) in [4.78, 5) is 0. The Labute approximate surface area is 68.7 Å². The van der Waals surface area contributed by atoms with Gasteiger partial charge in [0.15, 0.2) is 0 Å². The van der Waals surface area contributed by atoms with Crippen molar-refractivity contribution in [2.45, 2.75) is 19.3 Å². The first-order chi connectivity index (χ1) is 5.47. The van der Waals surface area contributed by atoms with E-state index in [9.17, 15) is 0 Å². The molecule has 0 spiro atoms. The Morgan fingerprint density at radius 2 is 2.18 bits per heavy atom. The minimum absolute atomic E-state index is 0.916. The van der Waals surface area contributed by atoms with E-state index in [-0.39, 0.29) is 0 Å². The first-order valence-electron chi connectivity index (χ1n) is 4.81. The summed E-state index contributed by atoms with van der Waals surface area (Å²) in [6.07, 6.45) is 4.09. The molecule has 2 unspecified atom stereocenters.